The molecular weight excluding hydrogens is 265 g/mol. The largest absolute Gasteiger partial charge is 0.481 e. The predicted molar refractivity (Wildman–Crippen MR) is 76.4 cm³/mol. The third-order valence-corrected chi connectivity index (χ3v) is 2.69. The van der Waals surface area contributed by atoms with Crippen molar-refractivity contribution in [3.8, 4) is 5.88 Å². The van der Waals surface area contributed by atoms with Crippen LogP contribution in [0, 0.1) is 5.82 Å². The van der Waals surface area contributed by atoms with Crippen molar-refractivity contribution >= 4 is 28.6 Å². The van der Waals surface area contributed by atoms with Gasteiger partial charge in [-0.3, -0.25) is 0 Å². The smallest absolute Gasteiger partial charge is 0.213 e. The van der Waals surface area contributed by atoms with Crippen LogP contribution in [0.5, 0.6) is 5.88 Å². The zero-order valence-electron chi connectivity index (χ0n) is 10.2. The van der Waals surface area contributed by atoms with Crippen molar-refractivity contribution < 1.29 is 9.13 Å². The van der Waals surface area contributed by atoms with Crippen molar-refractivity contribution in [1.29, 1.82) is 0 Å². The Kier molecular flexibility index (Phi) is 3.91. The van der Waals surface area contributed by atoms with Gasteiger partial charge in [-0.15, -0.1) is 0 Å². The molecule has 0 unspecified atom stereocenters. The lowest BCUT2D eigenvalue weighted by Crippen LogP contribution is -2.12. The van der Waals surface area contributed by atoms with Crippen molar-refractivity contribution in [3.63, 3.8) is 0 Å². The summed E-state index contributed by atoms with van der Waals surface area (Å²) in [5.74, 6) is 0.125. The third kappa shape index (κ3) is 3.17. The summed E-state index contributed by atoms with van der Waals surface area (Å²) >= 11 is 4.90. The minimum Gasteiger partial charge on any atom is -0.481 e. The number of benzene rings is 1. The lowest BCUT2D eigenvalue weighted by molar-refractivity contribution is 0.398. The molecule has 2 rings (SSSR count). The first-order chi connectivity index (χ1) is 9.10. The zero-order chi connectivity index (χ0) is 13.8. The Morgan fingerprint density at radius 3 is 2.74 bits per heavy atom. The number of hydrogen-bond acceptors (Lipinski definition) is 4. The van der Waals surface area contributed by atoms with Gasteiger partial charge in [-0.2, -0.15) is 0 Å². The van der Waals surface area contributed by atoms with E-state index in [1.54, 1.807) is 31.5 Å². The van der Waals surface area contributed by atoms with E-state index >= 15 is 0 Å². The summed E-state index contributed by atoms with van der Waals surface area (Å²) in [6.45, 7) is 0. The summed E-state index contributed by atoms with van der Waals surface area (Å²) in [5.41, 5.74) is 7.37. The highest BCUT2D eigenvalue weighted by molar-refractivity contribution is 7.80. The fourth-order valence-electron chi connectivity index (χ4n) is 1.56. The SMILES string of the molecule is COc1ccc(Nc2ccc(F)cc2C(N)=S)cn1. The van der Waals surface area contributed by atoms with Crippen molar-refractivity contribution in [2.75, 3.05) is 12.4 Å². The number of aromatic nitrogens is 1. The normalized spacial score (nSPS) is 10.0. The molecule has 0 bridgehead atoms. The van der Waals surface area contributed by atoms with Crippen LogP contribution in [-0.4, -0.2) is 17.1 Å². The van der Waals surface area contributed by atoms with E-state index in [-0.39, 0.29) is 10.8 Å². The number of anilines is 2. The van der Waals surface area contributed by atoms with E-state index in [0.717, 1.165) is 5.69 Å². The second-order valence-corrected chi connectivity index (χ2v) is 4.21. The fraction of sp³-hybridized carbons (Fsp3) is 0.0769. The summed E-state index contributed by atoms with van der Waals surface area (Å²) in [6.07, 6.45) is 1.60. The maximum atomic E-state index is 13.2. The highest BCUT2D eigenvalue weighted by Gasteiger charge is 2.07. The van der Waals surface area contributed by atoms with Crippen molar-refractivity contribution in [2.45, 2.75) is 0 Å². The standard InChI is InChI=1S/C13H12FN3OS/c1-18-12-5-3-9(7-16-12)17-11-4-2-8(14)6-10(11)13(15)19/h2-7,17H,1H3,(H2,15,19). The van der Waals surface area contributed by atoms with Crippen LogP contribution in [0.3, 0.4) is 0 Å². The van der Waals surface area contributed by atoms with Crippen molar-refractivity contribution in [3.05, 3.63) is 47.9 Å². The Hall–Kier alpha value is -2.21. The lowest BCUT2D eigenvalue weighted by Gasteiger charge is -2.11. The number of ether oxygens (including phenoxy) is 1. The molecule has 0 saturated carbocycles. The summed E-state index contributed by atoms with van der Waals surface area (Å²) in [4.78, 5) is 4.19. The van der Waals surface area contributed by atoms with Crippen LogP contribution in [0.2, 0.25) is 0 Å². The number of thiocarbonyl (C=S) groups is 1. The second kappa shape index (κ2) is 5.62. The van der Waals surface area contributed by atoms with E-state index in [0.29, 0.717) is 17.1 Å². The van der Waals surface area contributed by atoms with E-state index in [2.05, 4.69) is 10.3 Å². The molecule has 1 heterocycles. The van der Waals surface area contributed by atoms with Crippen LogP contribution in [0.4, 0.5) is 15.8 Å². The first kappa shape index (κ1) is 13.2. The van der Waals surface area contributed by atoms with Gasteiger partial charge >= 0.3 is 0 Å². The first-order valence-electron chi connectivity index (χ1n) is 5.46. The van der Waals surface area contributed by atoms with Gasteiger partial charge in [0.1, 0.15) is 10.8 Å². The molecule has 98 valence electrons. The Labute approximate surface area is 115 Å². The van der Waals surface area contributed by atoms with Crippen molar-refractivity contribution in [1.82, 2.24) is 4.98 Å². The first-order valence-corrected chi connectivity index (χ1v) is 5.87. The molecule has 19 heavy (non-hydrogen) atoms. The van der Waals surface area contributed by atoms with Gasteiger partial charge in [0, 0.05) is 17.3 Å². The molecule has 2 aromatic rings. The molecule has 0 saturated heterocycles. The molecule has 0 spiro atoms. The molecule has 0 aliphatic carbocycles. The van der Waals surface area contributed by atoms with Crippen LogP contribution < -0.4 is 15.8 Å². The molecule has 0 aliphatic heterocycles. The molecule has 1 aromatic carbocycles. The number of nitrogens with two attached hydrogens (primary N) is 1. The van der Waals surface area contributed by atoms with Gasteiger partial charge in [0.15, 0.2) is 0 Å². The molecule has 0 fully saturated rings. The second-order valence-electron chi connectivity index (χ2n) is 3.77. The highest BCUT2D eigenvalue weighted by Crippen LogP contribution is 2.22. The Balaban J connectivity index is 2.29. The molecule has 0 amide bonds. The minimum absolute atomic E-state index is 0.128. The minimum atomic E-state index is -0.388. The monoisotopic (exact) mass is 277 g/mol. The Morgan fingerprint density at radius 1 is 1.37 bits per heavy atom. The number of methoxy groups -OCH3 is 1. The van der Waals surface area contributed by atoms with E-state index in [1.807, 2.05) is 0 Å². The zero-order valence-corrected chi connectivity index (χ0v) is 11.0. The topological polar surface area (TPSA) is 60.2 Å². The van der Waals surface area contributed by atoms with E-state index < -0.39 is 0 Å². The number of nitrogens with one attached hydrogen (secondary N) is 1. The van der Waals surface area contributed by atoms with Gasteiger partial charge in [0.2, 0.25) is 5.88 Å². The van der Waals surface area contributed by atoms with E-state index in [9.17, 15) is 4.39 Å². The average Bonchev–Trinajstić information content (AvgIpc) is 2.41. The predicted octanol–water partition coefficient (Wildman–Crippen LogP) is 2.61. The summed E-state index contributed by atoms with van der Waals surface area (Å²) in [6, 6.07) is 7.71. The summed E-state index contributed by atoms with van der Waals surface area (Å²) in [5, 5.41) is 3.08. The summed E-state index contributed by atoms with van der Waals surface area (Å²) < 4.78 is 18.1. The quantitative estimate of drug-likeness (QED) is 0.841. The van der Waals surface area contributed by atoms with Gasteiger partial charge in [0.05, 0.1) is 19.0 Å². The number of pyridine rings is 1. The maximum Gasteiger partial charge on any atom is 0.213 e. The van der Waals surface area contributed by atoms with Crippen LogP contribution >= 0.6 is 12.2 Å². The van der Waals surface area contributed by atoms with E-state index in [4.69, 9.17) is 22.7 Å². The van der Waals surface area contributed by atoms with Gasteiger partial charge < -0.3 is 15.8 Å². The van der Waals surface area contributed by atoms with Crippen LogP contribution in [0.15, 0.2) is 36.5 Å². The number of hydrogen-bond donors (Lipinski definition) is 2. The summed E-state index contributed by atoms with van der Waals surface area (Å²) in [7, 11) is 1.54. The molecule has 0 atom stereocenters. The van der Waals surface area contributed by atoms with Crippen LogP contribution in [-0.2, 0) is 0 Å². The van der Waals surface area contributed by atoms with E-state index in [1.165, 1.54) is 12.1 Å². The number of rotatable bonds is 4. The van der Waals surface area contributed by atoms with Gasteiger partial charge in [0.25, 0.3) is 0 Å². The highest BCUT2D eigenvalue weighted by atomic mass is 32.1. The van der Waals surface area contributed by atoms with Crippen LogP contribution in [0.1, 0.15) is 5.56 Å². The van der Waals surface area contributed by atoms with Gasteiger partial charge in [-0.05, 0) is 24.3 Å². The van der Waals surface area contributed by atoms with Gasteiger partial charge in [-0.1, -0.05) is 12.2 Å². The third-order valence-electron chi connectivity index (χ3n) is 2.47. The molecule has 6 heteroatoms. The maximum absolute atomic E-state index is 13.2. The van der Waals surface area contributed by atoms with Crippen molar-refractivity contribution in [2.24, 2.45) is 5.73 Å². The molecular formula is C13H12FN3OS. The average molecular weight is 277 g/mol. The molecule has 3 N–H and O–H groups in total. The molecule has 0 aliphatic rings. The fourth-order valence-corrected chi connectivity index (χ4v) is 1.73. The Morgan fingerprint density at radius 2 is 2.16 bits per heavy atom. The lowest BCUT2D eigenvalue weighted by atomic mass is 10.1. The van der Waals surface area contributed by atoms with Gasteiger partial charge in [-0.25, -0.2) is 9.37 Å². The van der Waals surface area contributed by atoms with Crippen LogP contribution in [0.25, 0.3) is 0 Å². The Bertz CT molecular complexity index is 601. The molecule has 1 aromatic heterocycles. The number of nitrogens with zero attached hydrogens (tertiary/aromatic N) is 1. The molecule has 0 radical (unpaired) electrons. The molecule has 4 nitrogen and oxygen atoms in total. The number of halogens is 1.